The number of anilines is 2. The van der Waals surface area contributed by atoms with Crippen molar-refractivity contribution in [1.82, 2.24) is 0 Å². The summed E-state index contributed by atoms with van der Waals surface area (Å²) in [5.41, 5.74) is 3.37. The summed E-state index contributed by atoms with van der Waals surface area (Å²) < 4.78 is 0. The van der Waals surface area contributed by atoms with Crippen LogP contribution in [0.3, 0.4) is 0 Å². The van der Waals surface area contributed by atoms with E-state index in [1.165, 1.54) is 5.56 Å². The van der Waals surface area contributed by atoms with Gasteiger partial charge in [0.15, 0.2) is 0 Å². The summed E-state index contributed by atoms with van der Waals surface area (Å²) in [6.07, 6.45) is 3.70. The number of rotatable bonds is 4. The molecule has 1 heterocycles. The zero-order valence-corrected chi connectivity index (χ0v) is 10.5. The summed E-state index contributed by atoms with van der Waals surface area (Å²) in [5.74, 6) is 0.123. The second kappa shape index (κ2) is 5.21. The molecule has 1 aromatic rings. The fourth-order valence-corrected chi connectivity index (χ4v) is 2.20. The Bertz CT molecular complexity index is 411. The topological polar surface area (TPSA) is 41.1 Å². The van der Waals surface area contributed by atoms with Gasteiger partial charge in [0.2, 0.25) is 5.91 Å². The normalized spacial score (nSPS) is 14.4. The van der Waals surface area contributed by atoms with Crippen molar-refractivity contribution < 1.29 is 4.79 Å². The van der Waals surface area contributed by atoms with Crippen LogP contribution in [0.4, 0.5) is 11.4 Å². The molecule has 3 heteroatoms. The van der Waals surface area contributed by atoms with Gasteiger partial charge < -0.3 is 10.6 Å². The molecule has 1 aliphatic rings. The van der Waals surface area contributed by atoms with Crippen LogP contribution in [0.15, 0.2) is 18.2 Å². The van der Waals surface area contributed by atoms with Gasteiger partial charge in [-0.15, -0.1) is 0 Å². The van der Waals surface area contributed by atoms with Crippen molar-refractivity contribution in [2.24, 2.45) is 0 Å². The Morgan fingerprint density at radius 2 is 2.06 bits per heavy atom. The minimum atomic E-state index is 0.123. The molecular formula is C14H20N2O. The fourth-order valence-electron chi connectivity index (χ4n) is 2.20. The molecule has 1 amide bonds. The molecule has 0 saturated carbocycles. The van der Waals surface area contributed by atoms with Crippen LogP contribution in [0.2, 0.25) is 0 Å². The highest BCUT2D eigenvalue weighted by molar-refractivity contribution is 5.94. The molecule has 2 N–H and O–H groups in total. The zero-order chi connectivity index (χ0) is 12.3. The van der Waals surface area contributed by atoms with Crippen LogP contribution in [0, 0.1) is 0 Å². The van der Waals surface area contributed by atoms with Crippen molar-refractivity contribution in [3.05, 3.63) is 23.8 Å². The summed E-state index contributed by atoms with van der Waals surface area (Å²) in [6.45, 7) is 4.39. The Morgan fingerprint density at radius 1 is 1.29 bits per heavy atom. The molecule has 2 rings (SSSR count). The third-order valence-electron chi connectivity index (χ3n) is 3.36. The summed E-state index contributed by atoms with van der Waals surface area (Å²) in [4.78, 5) is 11.3. The largest absolute Gasteiger partial charge is 0.382 e. The van der Waals surface area contributed by atoms with Gasteiger partial charge in [-0.1, -0.05) is 13.8 Å². The number of hydrogen-bond acceptors (Lipinski definition) is 2. The molecule has 0 fully saturated rings. The van der Waals surface area contributed by atoms with E-state index in [2.05, 4.69) is 30.5 Å². The molecule has 0 atom stereocenters. The lowest BCUT2D eigenvalue weighted by atomic mass is 10.0. The first-order valence-corrected chi connectivity index (χ1v) is 6.42. The molecule has 1 aromatic carbocycles. The second-order valence-corrected chi connectivity index (χ2v) is 4.58. The summed E-state index contributed by atoms with van der Waals surface area (Å²) in [5, 5.41) is 6.43. The van der Waals surface area contributed by atoms with Gasteiger partial charge in [-0.3, -0.25) is 4.79 Å². The predicted molar refractivity (Wildman–Crippen MR) is 71.4 cm³/mol. The summed E-state index contributed by atoms with van der Waals surface area (Å²) in [6, 6.07) is 6.73. The number of benzene rings is 1. The Morgan fingerprint density at radius 3 is 2.76 bits per heavy atom. The first-order chi connectivity index (χ1) is 8.22. The third kappa shape index (κ3) is 2.78. The minimum Gasteiger partial charge on any atom is -0.382 e. The SMILES string of the molecule is CCC(CC)Nc1ccc2c(c1)CCC(=O)N2. The van der Waals surface area contributed by atoms with E-state index >= 15 is 0 Å². The number of amides is 1. The Balaban J connectivity index is 2.13. The lowest BCUT2D eigenvalue weighted by Gasteiger charge is -2.20. The minimum absolute atomic E-state index is 0.123. The Labute approximate surface area is 103 Å². The van der Waals surface area contributed by atoms with Crippen molar-refractivity contribution in [3.8, 4) is 0 Å². The summed E-state index contributed by atoms with van der Waals surface area (Å²) >= 11 is 0. The number of carbonyl (C=O) groups excluding carboxylic acids is 1. The average Bonchev–Trinajstić information content (AvgIpc) is 2.36. The van der Waals surface area contributed by atoms with Crippen molar-refractivity contribution in [1.29, 1.82) is 0 Å². The van der Waals surface area contributed by atoms with Crippen molar-refractivity contribution >= 4 is 17.3 Å². The molecule has 0 bridgehead atoms. The van der Waals surface area contributed by atoms with Gasteiger partial charge in [-0.05, 0) is 43.0 Å². The quantitative estimate of drug-likeness (QED) is 0.837. The third-order valence-corrected chi connectivity index (χ3v) is 3.36. The smallest absolute Gasteiger partial charge is 0.224 e. The average molecular weight is 232 g/mol. The number of hydrogen-bond donors (Lipinski definition) is 2. The maximum Gasteiger partial charge on any atom is 0.224 e. The number of nitrogens with one attached hydrogen (secondary N) is 2. The molecule has 17 heavy (non-hydrogen) atoms. The molecule has 0 aromatic heterocycles. The molecule has 0 saturated heterocycles. The van der Waals surface area contributed by atoms with E-state index in [0.29, 0.717) is 12.5 Å². The molecule has 1 aliphatic heterocycles. The molecule has 0 aliphatic carbocycles. The van der Waals surface area contributed by atoms with E-state index in [4.69, 9.17) is 0 Å². The molecule has 0 radical (unpaired) electrons. The Hall–Kier alpha value is -1.51. The van der Waals surface area contributed by atoms with Gasteiger partial charge in [0, 0.05) is 23.8 Å². The lowest BCUT2D eigenvalue weighted by Crippen LogP contribution is -2.20. The van der Waals surface area contributed by atoms with E-state index in [-0.39, 0.29) is 5.91 Å². The number of aryl methyl sites for hydroxylation is 1. The summed E-state index contributed by atoms with van der Waals surface area (Å²) in [7, 11) is 0. The molecular weight excluding hydrogens is 212 g/mol. The van der Waals surface area contributed by atoms with Crippen molar-refractivity contribution in [2.45, 2.75) is 45.6 Å². The van der Waals surface area contributed by atoms with Crippen molar-refractivity contribution in [2.75, 3.05) is 10.6 Å². The van der Waals surface area contributed by atoms with E-state index in [0.717, 1.165) is 30.6 Å². The highest BCUT2D eigenvalue weighted by Crippen LogP contribution is 2.26. The first kappa shape index (κ1) is 12.0. The van der Waals surface area contributed by atoms with Crippen LogP contribution in [0.1, 0.15) is 38.7 Å². The maximum atomic E-state index is 11.3. The highest BCUT2D eigenvalue weighted by Gasteiger charge is 2.15. The number of fused-ring (bicyclic) bond motifs is 1. The number of carbonyl (C=O) groups is 1. The van der Waals surface area contributed by atoms with E-state index in [1.807, 2.05) is 12.1 Å². The van der Waals surface area contributed by atoms with E-state index < -0.39 is 0 Å². The standard InChI is InChI=1S/C14H20N2O/c1-3-11(4-2)15-12-6-7-13-10(9-12)5-8-14(17)16-13/h6-7,9,11,15H,3-5,8H2,1-2H3,(H,16,17). The van der Waals surface area contributed by atoms with Crippen LogP contribution in [-0.4, -0.2) is 11.9 Å². The van der Waals surface area contributed by atoms with Crippen molar-refractivity contribution in [3.63, 3.8) is 0 Å². The lowest BCUT2D eigenvalue weighted by molar-refractivity contribution is -0.116. The monoisotopic (exact) mass is 232 g/mol. The van der Waals surface area contributed by atoms with Crippen LogP contribution >= 0.6 is 0 Å². The van der Waals surface area contributed by atoms with Gasteiger partial charge >= 0.3 is 0 Å². The van der Waals surface area contributed by atoms with Gasteiger partial charge in [0.25, 0.3) is 0 Å². The molecule has 92 valence electrons. The van der Waals surface area contributed by atoms with E-state index in [9.17, 15) is 4.79 Å². The molecule has 0 spiro atoms. The molecule has 0 unspecified atom stereocenters. The Kier molecular flexibility index (Phi) is 3.67. The fraction of sp³-hybridized carbons (Fsp3) is 0.500. The van der Waals surface area contributed by atoms with Crippen LogP contribution in [0.25, 0.3) is 0 Å². The van der Waals surface area contributed by atoms with Crippen LogP contribution in [-0.2, 0) is 11.2 Å². The highest BCUT2D eigenvalue weighted by atomic mass is 16.1. The van der Waals surface area contributed by atoms with Gasteiger partial charge in [0.1, 0.15) is 0 Å². The predicted octanol–water partition coefficient (Wildman–Crippen LogP) is 3.17. The maximum absolute atomic E-state index is 11.3. The zero-order valence-electron chi connectivity index (χ0n) is 10.5. The molecule has 3 nitrogen and oxygen atoms in total. The van der Waals surface area contributed by atoms with Gasteiger partial charge in [0.05, 0.1) is 0 Å². The van der Waals surface area contributed by atoms with E-state index in [1.54, 1.807) is 0 Å². The van der Waals surface area contributed by atoms with Crippen LogP contribution in [0.5, 0.6) is 0 Å². The first-order valence-electron chi connectivity index (χ1n) is 6.42. The second-order valence-electron chi connectivity index (χ2n) is 4.58. The van der Waals surface area contributed by atoms with Gasteiger partial charge in [-0.25, -0.2) is 0 Å². The van der Waals surface area contributed by atoms with Gasteiger partial charge in [-0.2, -0.15) is 0 Å². The van der Waals surface area contributed by atoms with Crippen LogP contribution < -0.4 is 10.6 Å².